The fourth-order valence-electron chi connectivity index (χ4n) is 3.42. The zero-order valence-electron chi connectivity index (χ0n) is 14.5. The van der Waals surface area contributed by atoms with Crippen molar-refractivity contribution in [3.8, 4) is 5.69 Å². The number of aromatic nitrogens is 4. The van der Waals surface area contributed by atoms with Crippen molar-refractivity contribution in [2.24, 2.45) is 0 Å². The van der Waals surface area contributed by atoms with Gasteiger partial charge in [0.2, 0.25) is 0 Å². The summed E-state index contributed by atoms with van der Waals surface area (Å²) in [6.07, 6.45) is 3.76. The van der Waals surface area contributed by atoms with Crippen molar-refractivity contribution < 1.29 is 4.74 Å². The monoisotopic (exact) mass is 357 g/mol. The standard InChI is InChI=1S/C18H20ClN5O/c1-11-4-5-14(19)6-16(11)24-18-15(7-22-24)17(20-10-21-18)23-8-12(2)25-13(3)9-23/h4-7,10,12-13H,8-9H2,1-3H3. The highest BCUT2D eigenvalue weighted by atomic mass is 35.5. The topological polar surface area (TPSA) is 56.1 Å². The molecule has 1 aliphatic heterocycles. The zero-order chi connectivity index (χ0) is 17.6. The van der Waals surface area contributed by atoms with Crippen molar-refractivity contribution in [1.82, 2.24) is 19.7 Å². The quantitative estimate of drug-likeness (QED) is 0.703. The molecule has 3 aromatic rings. The van der Waals surface area contributed by atoms with E-state index < -0.39 is 0 Å². The first-order valence-electron chi connectivity index (χ1n) is 8.38. The molecule has 6 nitrogen and oxygen atoms in total. The first-order valence-corrected chi connectivity index (χ1v) is 8.76. The van der Waals surface area contributed by atoms with Crippen LogP contribution in [0.3, 0.4) is 0 Å². The summed E-state index contributed by atoms with van der Waals surface area (Å²) in [6.45, 7) is 7.81. The van der Waals surface area contributed by atoms with Crippen LogP contribution >= 0.6 is 11.6 Å². The predicted octanol–water partition coefficient (Wildman–Crippen LogP) is 3.39. The molecule has 4 rings (SSSR count). The molecule has 1 fully saturated rings. The van der Waals surface area contributed by atoms with E-state index in [1.807, 2.05) is 36.0 Å². The fourth-order valence-corrected chi connectivity index (χ4v) is 3.59. The van der Waals surface area contributed by atoms with Gasteiger partial charge in [0.25, 0.3) is 0 Å². The number of hydrogen-bond donors (Lipinski definition) is 0. The van der Waals surface area contributed by atoms with Gasteiger partial charge in [-0.15, -0.1) is 0 Å². The molecule has 0 aliphatic carbocycles. The Morgan fingerprint density at radius 3 is 2.68 bits per heavy atom. The molecule has 2 aromatic heterocycles. The third-order valence-electron chi connectivity index (χ3n) is 4.46. The number of nitrogens with zero attached hydrogens (tertiary/aromatic N) is 5. The molecule has 130 valence electrons. The molecule has 0 radical (unpaired) electrons. The average molecular weight is 358 g/mol. The molecule has 0 N–H and O–H groups in total. The lowest BCUT2D eigenvalue weighted by atomic mass is 10.2. The van der Waals surface area contributed by atoms with E-state index in [1.54, 1.807) is 6.33 Å². The molecule has 0 saturated carbocycles. The number of rotatable bonds is 2. The zero-order valence-corrected chi connectivity index (χ0v) is 15.2. The van der Waals surface area contributed by atoms with E-state index in [1.165, 1.54) is 0 Å². The van der Waals surface area contributed by atoms with Gasteiger partial charge in [-0.2, -0.15) is 5.10 Å². The van der Waals surface area contributed by atoms with E-state index in [0.717, 1.165) is 41.2 Å². The minimum absolute atomic E-state index is 0.166. The normalized spacial score (nSPS) is 21.0. The second-order valence-corrected chi connectivity index (χ2v) is 7.02. The summed E-state index contributed by atoms with van der Waals surface area (Å²) in [5.74, 6) is 0.901. The second kappa shape index (κ2) is 6.28. The van der Waals surface area contributed by atoms with E-state index in [4.69, 9.17) is 16.3 Å². The Balaban J connectivity index is 1.82. The van der Waals surface area contributed by atoms with Gasteiger partial charge in [-0.3, -0.25) is 0 Å². The maximum absolute atomic E-state index is 6.17. The highest BCUT2D eigenvalue weighted by Gasteiger charge is 2.25. The first-order chi connectivity index (χ1) is 12.0. The minimum atomic E-state index is 0.166. The van der Waals surface area contributed by atoms with Gasteiger partial charge in [-0.1, -0.05) is 17.7 Å². The molecule has 1 aromatic carbocycles. The lowest BCUT2D eigenvalue weighted by Gasteiger charge is -2.36. The minimum Gasteiger partial charge on any atom is -0.372 e. The van der Waals surface area contributed by atoms with Crippen LogP contribution in [0.25, 0.3) is 16.7 Å². The summed E-state index contributed by atoms with van der Waals surface area (Å²) >= 11 is 6.17. The largest absolute Gasteiger partial charge is 0.372 e. The van der Waals surface area contributed by atoms with Crippen molar-refractivity contribution in [2.45, 2.75) is 33.0 Å². The molecular formula is C18H20ClN5O. The number of morpholine rings is 1. The molecule has 25 heavy (non-hydrogen) atoms. The number of ether oxygens (including phenoxy) is 1. The highest BCUT2D eigenvalue weighted by molar-refractivity contribution is 6.30. The van der Waals surface area contributed by atoms with E-state index >= 15 is 0 Å². The van der Waals surface area contributed by atoms with Gasteiger partial charge in [0.05, 0.1) is 29.5 Å². The van der Waals surface area contributed by atoms with Gasteiger partial charge in [-0.05, 0) is 38.5 Å². The van der Waals surface area contributed by atoms with Crippen molar-refractivity contribution in [2.75, 3.05) is 18.0 Å². The summed E-state index contributed by atoms with van der Waals surface area (Å²) in [5.41, 5.74) is 2.79. The number of fused-ring (bicyclic) bond motifs is 1. The molecule has 1 aliphatic rings. The van der Waals surface area contributed by atoms with Gasteiger partial charge < -0.3 is 9.64 Å². The summed E-state index contributed by atoms with van der Waals surface area (Å²) in [7, 11) is 0. The predicted molar refractivity (Wildman–Crippen MR) is 98.6 cm³/mol. The highest BCUT2D eigenvalue weighted by Crippen LogP contribution is 2.28. The Morgan fingerprint density at radius 1 is 1.16 bits per heavy atom. The molecule has 1 saturated heterocycles. The average Bonchev–Trinajstić information content (AvgIpc) is 3.00. The summed E-state index contributed by atoms with van der Waals surface area (Å²) in [4.78, 5) is 11.2. The van der Waals surface area contributed by atoms with Crippen LogP contribution in [0, 0.1) is 6.92 Å². The Bertz CT molecular complexity index is 915. The summed E-state index contributed by atoms with van der Waals surface area (Å²) in [5, 5.41) is 6.17. The Hall–Kier alpha value is -2.18. The van der Waals surface area contributed by atoms with Crippen LogP contribution in [0.15, 0.2) is 30.7 Å². The third-order valence-corrected chi connectivity index (χ3v) is 4.70. The Kier molecular flexibility index (Phi) is 4.09. The van der Waals surface area contributed by atoms with E-state index in [-0.39, 0.29) is 12.2 Å². The van der Waals surface area contributed by atoms with Crippen LogP contribution in [0.4, 0.5) is 5.82 Å². The van der Waals surface area contributed by atoms with Gasteiger partial charge in [0.1, 0.15) is 12.1 Å². The van der Waals surface area contributed by atoms with Gasteiger partial charge in [0.15, 0.2) is 5.65 Å². The van der Waals surface area contributed by atoms with Crippen LogP contribution in [-0.2, 0) is 4.74 Å². The van der Waals surface area contributed by atoms with Crippen LogP contribution in [0.1, 0.15) is 19.4 Å². The van der Waals surface area contributed by atoms with Crippen LogP contribution in [0.2, 0.25) is 5.02 Å². The smallest absolute Gasteiger partial charge is 0.168 e. The second-order valence-electron chi connectivity index (χ2n) is 6.58. The van der Waals surface area contributed by atoms with E-state index in [0.29, 0.717) is 5.02 Å². The SMILES string of the molecule is Cc1ccc(Cl)cc1-n1ncc2c(N3CC(C)OC(C)C3)ncnc21. The first kappa shape index (κ1) is 16.3. The van der Waals surface area contributed by atoms with Crippen molar-refractivity contribution in [3.63, 3.8) is 0 Å². The van der Waals surface area contributed by atoms with Crippen LogP contribution < -0.4 is 4.90 Å². The molecule has 7 heteroatoms. The molecule has 0 spiro atoms. The van der Waals surface area contributed by atoms with Gasteiger partial charge in [0, 0.05) is 18.1 Å². The number of aryl methyl sites for hydroxylation is 1. The molecule has 2 atom stereocenters. The van der Waals surface area contributed by atoms with Crippen LogP contribution in [-0.4, -0.2) is 45.0 Å². The maximum Gasteiger partial charge on any atom is 0.168 e. The lowest BCUT2D eigenvalue weighted by molar-refractivity contribution is -0.00537. The maximum atomic E-state index is 6.17. The van der Waals surface area contributed by atoms with E-state index in [2.05, 4.69) is 33.8 Å². The fraction of sp³-hybridized carbons (Fsp3) is 0.389. The van der Waals surface area contributed by atoms with Gasteiger partial charge in [-0.25, -0.2) is 14.6 Å². The number of anilines is 1. The molecule has 2 unspecified atom stereocenters. The van der Waals surface area contributed by atoms with Gasteiger partial charge >= 0.3 is 0 Å². The summed E-state index contributed by atoms with van der Waals surface area (Å²) in [6, 6.07) is 5.77. The Morgan fingerprint density at radius 2 is 1.92 bits per heavy atom. The molecule has 0 bridgehead atoms. The molecular weight excluding hydrogens is 338 g/mol. The number of hydrogen-bond acceptors (Lipinski definition) is 5. The summed E-state index contributed by atoms with van der Waals surface area (Å²) < 4.78 is 7.66. The van der Waals surface area contributed by atoms with Crippen molar-refractivity contribution in [3.05, 3.63) is 41.3 Å². The third kappa shape index (κ3) is 2.96. The molecule has 0 amide bonds. The lowest BCUT2D eigenvalue weighted by Crippen LogP contribution is -2.45. The number of halogens is 1. The van der Waals surface area contributed by atoms with E-state index in [9.17, 15) is 0 Å². The van der Waals surface area contributed by atoms with Crippen LogP contribution in [0.5, 0.6) is 0 Å². The van der Waals surface area contributed by atoms with Crippen molar-refractivity contribution in [1.29, 1.82) is 0 Å². The Labute approximate surface area is 151 Å². The number of benzene rings is 1. The van der Waals surface area contributed by atoms with Crippen molar-refractivity contribution >= 4 is 28.5 Å². The molecule has 3 heterocycles.